The van der Waals surface area contributed by atoms with Gasteiger partial charge in [-0.25, -0.2) is 0 Å². The van der Waals surface area contributed by atoms with Crippen LogP contribution in [0.5, 0.6) is 0 Å². The molecule has 0 aliphatic carbocycles. The molecule has 0 saturated heterocycles. The quantitative estimate of drug-likeness (QED) is 0.628. The molecule has 0 aromatic heterocycles. The van der Waals surface area contributed by atoms with Gasteiger partial charge in [0.1, 0.15) is 0 Å². The van der Waals surface area contributed by atoms with Gasteiger partial charge in [0, 0.05) is 18.7 Å². The smallest absolute Gasteiger partial charge is 0.227 e. The monoisotopic (exact) mass is 249 g/mol. The Kier molecular flexibility index (Phi) is 4.49. The number of aryl methyl sites for hydroxylation is 1. The predicted octanol–water partition coefficient (Wildman–Crippen LogP) is 3.07. The second-order valence-corrected chi connectivity index (χ2v) is 4.91. The van der Waals surface area contributed by atoms with E-state index in [4.69, 9.17) is 0 Å². The molecule has 1 aromatic carbocycles. The Bertz CT molecular complexity index is 392. The van der Waals surface area contributed by atoms with Gasteiger partial charge in [-0.15, -0.1) is 0 Å². The number of para-hydroxylation sites is 1. The normalized spacial score (nSPS) is 14.9. The lowest BCUT2D eigenvalue weighted by Crippen LogP contribution is -2.35. The van der Waals surface area contributed by atoms with E-state index in [0.717, 1.165) is 43.7 Å². The lowest BCUT2D eigenvalue weighted by atomic mass is 10.0. The summed E-state index contributed by atoms with van der Waals surface area (Å²) in [6.07, 6.45) is 4.90. The van der Waals surface area contributed by atoms with E-state index in [-0.39, 0.29) is 5.91 Å². The van der Waals surface area contributed by atoms with Gasteiger partial charge in [0.15, 0.2) is 0 Å². The van der Waals surface area contributed by atoms with Crippen molar-refractivity contribution < 1.29 is 4.79 Å². The molecule has 1 heterocycles. The summed E-state index contributed by atoms with van der Waals surface area (Å²) < 4.78 is 0. The van der Waals surface area contributed by atoms with Crippen molar-refractivity contribution in [3.8, 4) is 0 Å². The van der Waals surface area contributed by atoms with Crippen LogP contribution in [0.4, 0.5) is 5.69 Å². The molecule has 0 spiro atoms. The van der Waals surface area contributed by atoms with Crippen LogP contribution in [0.1, 0.15) is 31.2 Å². The number of unbranched alkanes of at least 4 members (excludes halogenated alkanes) is 2. The van der Waals surface area contributed by atoms with Gasteiger partial charge in [-0.1, -0.05) is 24.6 Å². The van der Waals surface area contributed by atoms with Crippen molar-refractivity contribution in [2.24, 2.45) is 0 Å². The van der Waals surface area contributed by atoms with Crippen molar-refractivity contribution in [2.45, 2.75) is 32.1 Å². The summed E-state index contributed by atoms with van der Waals surface area (Å²) in [5, 5.41) is 0. The van der Waals surface area contributed by atoms with E-state index in [1.54, 1.807) is 0 Å². The molecule has 1 aromatic rings. The van der Waals surface area contributed by atoms with Crippen LogP contribution in [-0.2, 0) is 11.2 Å². The van der Waals surface area contributed by atoms with Crippen molar-refractivity contribution in [1.82, 2.24) is 0 Å². The first-order valence-electron chi connectivity index (χ1n) is 6.32. The average molecular weight is 249 g/mol. The molecule has 0 fully saturated rings. The van der Waals surface area contributed by atoms with E-state index < -0.39 is 0 Å². The van der Waals surface area contributed by atoms with Crippen LogP contribution in [0.25, 0.3) is 0 Å². The van der Waals surface area contributed by atoms with Crippen LogP contribution in [0.3, 0.4) is 0 Å². The minimum absolute atomic E-state index is 0.273. The molecule has 2 nitrogen and oxygen atoms in total. The zero-order valence-corrected chi connectivity index (χ0v) is 11.0. The first-order valence-corrected chi connectivity index (χ1v) is 6.95. The Labute approximate surface area is 108 Å². The van der Waals surface area contributed by atoms with Crippen molar-refractivity contribution in [3.05, 3.63) is 29.8 Å². The van der Waals surface area contributed by atoms with Gasteiger partial charge in [0.05, 0.1) is 0 Å². The molecule has 2 rings (SSSR count). The largest absolute Gasteiger partial charge is 0.312 e. The minimum atomic E-state index is 0.273. The number of hydrogen-bond donors (Lipinski definition) is 1. The molecule has 0 N–H and O–H groups in total. The molecule has 0 atom stereocenters. The van der Waals surface area contributed by atoms with Crippen LogP contribution in [0.15, 0.2) is 24.3 Å². The zero-order chi connectivity index (χ0) is 12.1. The highest BCUT2D eigenvalue weighted by atomic mass is 32.1. The highest BCUT2D eigenvalue weighted by Gasteiger charge is 2.22. The van der Waals surface area contributed by atoms with Gasteiger partial charge >= 0.3 is 0 Å². The molecule has 17 heavy (non-hydrogen) atoms. The van der Waals surface area contributed by atoms with E-state index >= 15 is 0 Å². The maximum Gasteiger partial charge on any atom is 0.227 e. The fraction of sp³-hybridized carbons (Fsp3) is 0.500. The number of nitrogens with zero attached hydrogens (tertiary/aromatic N) is 1. The molecule has 92 valence electrons. The van der Waals surface area contributed by atoms with Gasteiger partial charge in [-0.2, -0.15) is 12.6 Å². The molecule has 1 aliphatic rings. The summed E-state index contributed by atoms with van der Waals surface area (Å²) in [6.45, 7) is 0.851. The summed E-state index contributed by atoms with van der Waals surface area (Å²) in [7, 11) is 0. The number of amides is 1. The first-order chi connectivity index (χ1) is 8.33. The Hall–Kier alpha value is -0.960. The lowest BCUT2D eigenvalue weighted by Gasteiger charge is -2.29. The first kappa shape index (κ1) is 12.5. The number of benzene rings is 1. The fourth-order valence-electron chi connectivity index (χ4n) is 2.30. The molecule has 1 aliphatic heterocycles. The number of carbonyl (C=O) groups excluding carboxylic acids is 1. The number of fused-ring (bicyclic) bond motifs is 1. The number of thiol groups is 1. The molecular formula is C14H19NOS. The van der Waals surface area contributed by atoms with E-state index in [1.807, 2.05) is 17.0 Å². The van der Waals surface area contributed by atoms with E-state index in [1.165, 1.54) is 5.56 Å². The van der Waals surface area contributed by atoms with Crippen LogP contribution in [0, 0.1) is 0 Å². The topological polar surface area (TPSA) is 20.3 Å². The van der Waals surface area contributed by atoms with E-state index in [2.05, 4.69) is 24.8 Å². The molecule has 0 unspecified atom stereocenters. The second kappa shape index (κ2) is 6.10. The summed E-state index contributed by atoms with van der Waals surface area (Å²) in [4.78, 5) is 13.9. The maximum atomic E-state index is 11.9. The Morgan fingerprint density at radius 1 is 1.12 bits per heavy atom. The minimum Gasteiger partial charge on any atom is -0.312 e. The summed E-state index contributed by atoms with van der Waals surface area (Å²) in [5.74, 6) is 1.21. The van der Waals surface area contributed by atoms with Crippen molar-refractivity contribution in [3.63, 3.8) is 0 Å². The van der Waals surface area contributed by atoms with Crippen molar-refractivity contribution in [2.75, 3.05) is 17.2 Å². The van der Waals surface area contributed by atoms with Gasteiger partial charge in [-0.3, -0.25) is 4.79 Å². The summed E-state index contributed by atoms with van der Waals surface area (Å²) in [5.41, 5.74) is 2.43. The zero-order valence-electron chi connectivity index (χ0n) is 10.1. The Morgan fingerprint density at radius 3 is 2.76 bits per heavy atom. The molecule has 3 heteroatoms. The standard InChI is InChI=1S/C14H19NOS/c16-14-9-8-12-6-2-3-7-13(12)15(14)10-4-1-5-11-17/h2-3,6-7,17H,1,4-5,8-11H2. The fourth-order valence-corrected chi connectivity index (χ4v) is 2.52. The number of carbonyl (C=O) groups is 1. The maximum absolute atomic E-state index is 11.9. The number of rotatable bonds is 5. The van der Waals surface area contributed by atoms with Gasteiger partial charge in [0.2, 0.25) is 5.91 Å². The SMILES string of the molecule is O=C1CCc2ccccc2N1CCCCCS. The molecule has 1 amide bonds. The van der Waals surface area contributed by atoms with Crippen LogP contribution in [-0.4, -0.2) is 18.2 Å². The molecular weight excluding hydrogens is 230 g/mol. The van der Waals surface area contributed by atoms with Crippen LogP contribution in [0.2, 0.25) is 0 Å². The predicted molar refractivity (Wildman–Crippen MR) is 74.8 cm³/mol. The van der Waals surface area contributed by atoms with Gasteiger partial charge in [0.25, 0.3) is 0 Å². The Balaban J connectivity index is 2.02. The van der Waals surface area contributed by atoms with E-state index in [0.29, 0.717) is 6.42 Å². The third-order valence-corrected chi connectivity index (χ3v) is 3.55. The third kappa shape index (κ3) is 3.03. The Morgan fingerprint density at radius 2 is 1.94 bits per heavy atom. The summed E-state index contributed by atoms with van der Waals surface area (Å²) in [6, 6.07) is 8.25. The van der Waals surface area contributed by atoms with Crippen molar-refractivity contribution in [1.29, 1.82) is 0 Å². The molecule has 0 bridgehead atoms. The second-order valence-electron chi connectivity index (χ2n) is 4.46. The molecule has 0 radical (unpaired) electrons. The highest BCUT2D eigenvalue weighted by molar-refractivity contribution is 7.80. The van der Waals surface area contributed by atoms with Crippen LogP contribution < -0.4 is 4.90 Å². The van der Waals surface area contributed by atoms with Gasteiger partial charge in [-0.05, 0) is 36.6 Å². The third-order valence-electron chi connectivity index (χ3n) is 3.23. The van der Waals surface area contributed by atoms with Gasteiger partial charge < -0.3 is 4.90 Å². The number of hydrogen-bond acceptors (Lipinski definition) is 2. The van der Waals surface area contributed by atoms with E-state index in [9.17, 15) is 4.79 Å². The number of anilines is 1. The average Bonchev–Trinajstić information content (AvgIpc) is 2.37. The molecule has 0 saturated carbocycles. The van der Waals surface area contributed by atoms with Crippen molar-refractivity contribution >= 4 is 24.2 Å². The summed E-state index contributed by atoms with van der Waals surface area (Å²) >= 11 is 4.20. The lowest BCUT2D eigenvalue weighted by molar-refractivity contribution is -0.118. The highest BCUT2D eigenvalue weighted by Crippen LogP contribution is 2.27. The van der Waals surface area contributed by atoms with Crippen LogP contribution >= 0.6 is 12.6 Å².